The zero-order valence-corrected chi connectivity index (χ0v) is 17.0. The molecule has 1 aromatic carbocycles. The van der Waals surface area contributed by atoms with Crippen molar-refractivity contribution in [2.45, 2.75) is 56.7 Å². The SMILES string of the molecule is CO[C@@H]1C[C@@H](C(=O)NC2CCC2)CC[C@H]1NC(=O)c1ccc(F)cc1Cl.O=CO. The van der Waals surface area contributed by atoms with Crippen LogP contribution in [0.1, 0.15) is 48.9 Å². The Balaban J connectivity index is 0.000000941. The van der Waals surface area contributed by atoms with Gasteiger partial charge in [-0.1, -0.05) is 11.6 Å². The lowest BCUT2D eigenvalue weighted by molar-refractivity contribution is -0.129. The molecule has 0 spiro atoms. The zero-order chi connectivity index (χ0) is 21.4. The molecule has 0 aliphatic heterocycles. The fourth-order valence-electron chi connectivity index (χ4n) is 3.58. The van der Waals surface area contributed by atoms with Gasteiger partial charge in [0.15, 0.2) is 0 Å². The molecule has 7 nitrogen and oxygen atoms in total. The van der Waals surface area contributed by atoms with Gasteiger partial charge in [0.05, 0.1) is 22.7 Å². The average molecular weight is 429 g/mol. The summed E-state index contributed by atoms with van der Waals surface area (Å²) in [7, 11) is 1.58. The molecule has 2 saturated carbocycles. The van der Waals surface area contributed by atoms with E-state index in [1.165, 1.54) is 18.6 Å². The fourth-order valence-corrected chi connectivity index (χ4v) is 3.84. The van der Waals surface area contributed by atoms with E-state index >= 15 is 0 Å². The van der Waals surface area contributed by atoms with E-state index in [9.17, 15) is 14.0 Å². The van der Waals surface area contributed by atoms with Gasteiger partial charge in [0.25, 0.3) is 12.4 Å². The topological polar surface area (TPSA) is 105 Å². The summed E-state index contributed by atoms with van der Waals surface area (Å²) in [5, 5.41) is 13.0. The second-order valence-electron chi connectivity index (χ2n) is 7.23. The van der Waals surface area contributed by atoms with Crippen LogP contribution in [-0.2, 0) is 14.3 Å². The summed E-state index contributed by atoms with van der Waals surface area (Å²) in [5.41, 5.74) is 0.229. The van der Waals surface area contributed by atoms with Crippen LogP contribution in [0.3, 0.4) is 0 Å². The molecule has 3 atom stereocenters. The van der Waals surface area contributed by atoms with Gasteiger partial charge in [-0.2, -0.15) is 0 Å². The Morgan fingerprint density at radius 2 is 1.93 bits per heavy atom. The molecule has 9 heteroatoms. The van der Waals surface area contributed by atoms with Crippen molar-refractivity contribution in [3.8, 4) is 0 Å². The minimum Gasteiger partial charge on any atom is -0.483 e. The zero-order valence-electron chi connectivity index (χ0n) is 16.2. The first-order valence-electron chi connectivity index (χ1n) is 9.56. The third-order valence-electron chi connectivity index (χ3n) is 5.41. The van der Waals surface area contributed by atoms with Gasteiger partial charge in [-0.25, -0.2) is 4.39 Å². The molecule has 2 fully saturated rings. The minimum atomic E-state index is -0.487. The number of hydrogen-bond acceptors (Lipinski definition) is 4. The Hall–Kier alpha value is -2.19. The predicted octanol–water partition coefficient (Wildman–Crippen LogP) is 2.76. The number of benzene rings is 1. The lowest BCUT2D eigenvalue weighted by Gasteiger charge is -2.36. The van der Waals surface area contributed by atoms with Crippen molar-refractivity contribution in [3.63, 3.8) is 0 Å². The van der Waals surface area contributed by atoms with Crippen LogP contribution in [0.2, 0.25) is 5.02 Å². The van der Waals surface area contributed by atoms with Gasteiger partial charge in [-0.05, 0) is 56.7 Å². The first-order valence-corrected chi connectivity index (χ1v) is 9.94. The Morgan fingerprint density at radius 3 is 2.48 bits per heavy atom. The van der Waals surface area contributed by atoms with Gasteiger partial charge in [0.1, 0.15) is 5.82 Å². The average Bonchev–Trinajstić information content (AvgIpc) is 2.65. The number of nitrogens with one attached hydrogen (secondary N) is 2. The highest BCUT2D eigenvalue weighted by Crippen LogP contribution is 2.29. The first-order chi connectivity index (χ1) is 13.9. The molecule has 2 aliphatic carbocycles. The highest BCUT2D eigenvalue weighted by Gasteiger charge is 2.36. The Bertz CT molecular complexity index is 729. The normalized spacial score (nSPS) is 23.8. The van der Waals surface area contributed by atoms with Gasteiger partial charge >= 0.3 is 0 Å². The highest BCUT2D eigenvalue weighted by atomic mass is 35.5. The van der Waals surface area contributed by atoms with E-state index in [1.807, 2.05) is 0 Å². The van der Waals surface area contributed by atoms with E-state index in [0.29, 0.717) is 25.3 Å². The second kappa shape index (κ2) is 11.1. The van der Waals surface area contributed by atoms with Crippen LogP contribution in [0.4, 0.5) is 4.39 Å². The van der Waals surface area contributed by atoms with Crippen LogP contribution in [0.25, 0.3) is 0 Å². The van der Waals surface area contributed by atoms with E-state index in [-0.39, 0.29) is 46.9 Å². The van der Waals surface area contributed by atoms with Crippen molar-refractivity contribution in [2.24, 2.45) is 5.92 Å². The first kappa shape index (κ1) is 23.1. The molecule has 3 N–H and O–H groups in total. The predicted molar refractivity (Wildman–Crippen MR) is 105 cm³/mol. The Kier molecular flexibility index (Phi) is 8.85. The van der Waals surface area contributed by atoms with Gasteiger partial charge in [0, 0.05) is 19.1 Å². The van der Waals surface area contributed by atoms with Crippen molar-refractivity contribution in [2.75, 3.05) is 7.11 Å². The molecule has 1 aromatic rings. The molecule has 0 bridgehead atoms. The summed E-state index contributed by atoms with van der Waals surface area (Å²) in [5.74, 6) is -0.857. The van der Waals surface area contributed by atoms with Crippen LogP contribution >= 0.6 is 11.6 Å². The largest absolute Gasteiger partial charge is 0.483 e. The summed E-state index contributed by atoms with van der Waals surface area (Å²) in [4.78, 5) is 33.2. The van der Waals surface area contributed by atoms with Gasteiger partial charge in [-0.15, -0.1) is 0 Å². The lowest BCUT2D eigenvalue weighted by Crippen LogP contribution is -2.51. The number of ether oxygens (including phenoxy) is 1. The van der Waals surface area contributed by atoms with Crippen molar-refractivity contribution < 1.29 is 28.6 Å². The van der Waals surface area contributed by atoms with Gasteiger partial charge in [-0.3, -0.25) is 14.4 Å². The molecule has 2 amide bonds. The van der Waals surface area contributed by atoms with Gasteiger partial charge < -0.3 is 20.5 Å². The monoisotopic (exact) mass is 428 g/mol. The van der Waals surface area contributed by atoms with Crippen LogP contribution in [-0.4, -0.2) is 48.7 Å². The van der Waals surface area contributed by atoms with Gasteiger partial charge in [0.2, 0.25) is 5.91 Å². The maximum atomic E-state index is 13.2. The minimum absolute atomic E-state index is 0.0741. The standard InChI is InChI=1S/C19H24ClFN2O3.CH2O2/c1-26-17-9-11(18(24)22-13-3-2-4-13)5-8-16(17)23-19(25)14-7-6-12(21)10-15(14)20;2-1-3/h6-7,10-11,13,16-17H,2-5,8-9H2,1H3,(H,22,24)(H,23,25);1H,(H,2,3)/t11-,16+,17+;/m0./s1. The number of carbonyl (C=O) groups is 3. The number of rotatable bonds is 5. The van der Waals surface area contributed by atoms with Crippen LogP contribution in [0.15, 0.2) is 18.2 Å². The Morgan fingerprint density at radius 1 is 1.24 bits per heavy atom. The number of halogens is 2. The number of methoxy groups -OCH3 is 1. The molecule has 0 aromatic heterocycles. The lowest BCUT2D eigenvalue weighted by atomic mass is 9.82. The van der Waals surface area contributed by atoms with E-state index in [2.05, 4.69) is 10.6 Å². The number of amides is 2. The molecular formula is C20H26ClFN2O5. The van der Waals surface area contributed by atoms with E-state index in [4.69, 9.17) is 26.2 Å². The quantitative estimate of drug-likeness (QED) is 0.625. The summed E-state index contributed by atoms with van der Waals surface area (Å²) >= 11 is 5.96. The molecule has 3 rings (SSSR count). The molecular weight excluding hydrogens is 403 g/mol. The maximum absolute atomic E-state index is 13.2. The maximum Gasteiger partial charge on any atom is 0.290 e. The molecule has 0 heterocycles. The smallest absolute Gasteiger partial charge is 0.290 e. The summed E-state index contributed by atoms with van der Waals surface area (Å²) < 4.78 is 18.7. The number of hydrogen-bond donors (Lipinski definition) is 3. The molecule has 160 valence electrons. The molecule has 0 unspecified atom stereocenters. The summed E-state index contributed by atoms with van der Waals surface area (Å²) in [6, 6.07) is 3.80. The van der Waals surface area contributed by atoms with Crippen molar-refractivity contribution in [1.82, 2.24) is 10.6 Å². The summed E-state index contributed by atoms with van der Waals surface area (Å²) in [6.45, 7) is -0.250. The van der Waals surface area contributed by atoms with E-state index < -0.39 is 5.82 Å². The fraction of sp³-hybridized carbons (Fsp3) is 0.550. The molecule has 0 radical (unpaired) electrons. The van der Waals surface area contributed by atoms with E-state index in [0.717, 1.165) is 18.9 Å². The van der Waals surface area contributed by atoms with E-state index in [1.54, 1.807) is 7.11 Å². The summed E-state index contributed by atoms with van der Waals surface area (Å²) in [6.07, 6.45) is 4.95. The number of carboxylic acid groups (broad SMARTS) is 1. The molecule has 2 aliphatic rings. The molecule has 29 heavy (non-hydrogen) atoms. The van der Waals surface area contributed by atoms with Crippen LogP contribution in [0.5, 0.6) is 0 Å². The van der Waals surface area contributed by atoms with Crippen molar-refractivity contribution in [3.05, 3.63) is 34.6 Å². The van der Waals surface area contributed by atoms with Crippen molar-refractivity contribution >= 4 is 29.9 Å². The van der Waals surface area contributed by atoms with Crippen LogP contribution < -0.4 is 10.6 Å². The Labute approximate surface area is 173 Å². The number of carbonyl (C=O) groups excluding carboxylic acids is 2. The second-order valence-corrected chi connectivity index (χ2v) is 7.64. The highest BCUT2D eigenvalue weighted by molar-refractivity contribution is 6.33. The molecule has 0 saturated heterocycles. The third-order valence-corrected chi connectivity index (χ3v) is 5.72. The third kappa shape index (κ3) is 6.40. The van der Waals surface area contributed by atoms with Crippen LogP contribution in [0, 0.1) is 11.7 Å². The van der Waals surface area contributed by atoms with Crippen molar-refractivity contribution in [1.29, 1.82) is 0 Å².